The molecule has 5 heteroatoms. The van der Waals surface area contributed by atoms with Crippen LogP contribution < -0.4 is 5.32 Å². The number of hydrogen-bond acceptors (Lipinski definition) is 3. The predicted octanol–water partition coefficient (Wildman–Crippen LogP) is 3.83. The minimum Gasteiger partial charge on any atom is -0.467 e. The van der Waals surface area contributed by atoms with Crippen molar-refractivity contribution in [1.29, 1.82) is 0 Å². The second-order valence-corrected chi connectivity index (χ2v) is 8.66. The van der Waals surface area contributed by atoms with Gasteiger partial charge in [0.2, 0.25) is 0 Å². The molecule has 4 fully saturated rings. The Balaban J connectivity index is 1.61. The van der Waals surface area contributed by atoms with Crippen LogP contribution in [0.2, 0.25) is 5.02 Å². The Morgan fingerprint density at radius 2 is 1.76 bits per heavy atom. The van der Waals surface area contributed by atoms with E-state index in [2.05, 4.69) is 5.32 Å². The van der Waals surface area contributed by atoms with Crippen LogP contribution in [0.5, 0.6) is 0 Å². The van der Waals surface area contributed by atoms with Gasteiger partial charge in [0.25, 0.3) is 5.91 Å². The minimum atomic E-state index is -0.572. The SMILES string of the molecule is COC(=O)[C@H](NC(=O)c1cccc(Cl)c1)C12CC3CC(CC(C3)C1)C2. The van der Waals surface area contributed by atoms with Crippen molar-refractivity contribution in [3.8, 4) is 0 Å². The maximum atomic E-state index is 12.7. The second kappa shape index (κ2) is 6.31. The number of carbonyl (C=O) groups excluding carboxylic acids is 2. The smallest absolute Gasteiger partial charge is 0.328 e. The summed E-state index contributed by atoms with van der Waals surface area (Å²) in [4.78, 5) is 25.3. The lowest BCUT2D eigenvalue weighted by atomic mass is 9.47. The summed E-state index contributed by atoms with van der Waals surface area (Å²) >= 11 is 6.00. The van der Waals surface area contributed by atoms with E-state index in [1.54, 1.807) is 24.3 Å². The highest BCUT2D eigenvalue weighted by Crippen LogP contribution is 2.61. The number of esters is 1. The van der Waals surface area contributed by atoms with Gasteiger partial charge in [-0.25, -0.2) is 4.79 Å². The molecule has 1 aromatic rings. The lowest BCUT2D eigenvalue weighted by Crippen LogP contribution is -2.60. The van der Waals surface area contributed by atoms with Gasteiger partial charge >= 0.3 is 5.97 Å². The topological polar surface area (TPSA) is 55.4 Å². The van der Waals surface area contributed by atoms with Crippen LogP contribution in [0.25, 0.3) is 0 Å². The number of nitrogens with one attached hydrogen (secondary N) is 1. The molecule has 1 atom stereocenters. The molecule has 4 bridgehead atoms. The first-order valence-corrected chi connectivity index (χ1v) is 9.51. The molecule has 4 aliphatic carbocycles. The molecule has 134 valence electrons. The molecule has 1 aromatic carbocycles. The van der Waals surface area contributed by atoms with Gasteiger partial charge in [0.15, 0.2) is 0 Å². The molecule has 1 amide bonds. The predicted molar refractivity (Wildman–Crippen MR) is 95.3 cm³/mol. The van der Waals surface area contributed by atoms with Gasteiger partial charge in [-0.05, 0) is 74.5 Å². The van der Waals surface area contributed by atoms with Crippen LogP contribution in [0.4, 0.5) is 0 Å². The first kappa shape index (κ1) is 16.9. The highest BCUT2D eigenvalue weighted by Gasteiger charge is 2.56. The highest BCUT2D eigenvalue weighted by atomic mass is 35.5. The molecule has 4 nitrogen and oxygen atoms in total. The number of rotatable bonds is 4. The van der Waals surface area contributed by atoms with Gasteiger partial charge < -0.3 is 10.1 Å². The van der Waals surface area contributed by atoms with Crippen LogP contribution in [0.15, 0.2) is 24.3 Å². The van der Waals surface area contributed by atoms with Crippen LogP contribution in [-0.4, -0.2) is 25.0 Å². The second-order valence-electron chi connectivity index (χ2n) is 8.22. The Labute approximate surface area is 153 Å². The Morgan fingerprint density at radius 1 is 1.16 bits per heavy atom. The molecule has 0 aromatic heterocycles. The normalized spacial score (nSPS) is 33.8. The first-order chi connectivity index (χ1) is 12.0. The van der Waals surface area contributed by atoms with E-state index < -0.39 is 6.04 Å². The fraction of sp³-hybridized carbons (Fsp3) is 0.600. The lowest BCUT2D eigenvalue weighted by Gasteiger charge is -2.58. The Bertz CT molecular complexity index is 667. The molecule has 1 N–H and O–H groups in total. The van der Waals surface area contributed by atoms with Gasteiger partial charge in [-0.3, -0.25) is 4.79 Å². The van der Waals surface area contributed by atoms with Crippen molar-refractivity contribution < 1.29 is 14.3 Å². The van der Waals surface area contributed by atoms with Crippen molar-refractivity contribution in [2.24, 2.45) is 23.2 Å². The third-order valence-electron chi connectivity index (χ3n) is 6.50. The van der Waals surface area contributed by atoms with Crippen molar-refractivity contribution in [3.05, 3.63) is 34.9 Å². The highest BCUT2D eigenvalue weighted by molar-refractivity contribution is 6.31. The van der Waals surface area contributed by atoms with Crippen LogP contribution in [0, 0.1) is 23.2 Å². The van der Waals surface area contributed by atoms with Crippen molar-refractivity contribution in [2.45, 2.75) is 44.6 Å². The lowest BCUT2D eigenvalue weighted by molar-refractivity contribution is -0.154. The first-order valence-electron chi connectivity index (χ1n) is 9.13. The van der Waals surface area contributed by atoms with E-state index in [9.17, 15) is 9.59 Å². The van der Waals surface area contributed by atoms with E-state index in [1.807, 2.05) is 0 Å². The Hall–Kier alpha value is -1.55. The number of methoxy groups -OCH3 is 1. The number of hydrogen-bond donors (Lipinski definition) is 1. The summed E-state index contributed by atoms with van der Waals surface area (Å²) in [5, 5.41) is 3.51. The molecular formula is C20H24ClNO3. The molecular weight excluding hydrogens is 338 g/mol. The van der Waals surface area contributed by atoms with Crippen LogP contribution in [-0.2, 0) is 9.53 Å². The molecule has 0 saturated heterocycles. The molecule has 0 aliphatic heterocycles. The van der Waals surface area contributed by atoms with Gasteiger partial charge in [0, 0.05) is 16.0 Å². The van der Waals surface area contributed by atoms with Gasteiger partial charge in [-0.1, -0.05) is 17.7 Å². The standard InChI is InChI=1S/C20H24ClNO3/c1-25-19(24)17(22-18(23)15-3-2-4-16(21)8-15)20-9-12-5-13(10-20)7-14(6-12)11-20/h2-4,8,12-14,17H,5-7,9-11H2,1H3,(H,22,23)/t12?,13?,14?,17-,20?/m0/s1. The van der Waals surface area contributed by atoms with Crippen molar-refractivity contribution >= 4 is 23.5 Å². The largest absolute Gasteiger partial charge is 0.467 e. The van der Waals surface area contributed by atoms with Crippen molar-refractivity contribution in [2.75, 3.05) is 7.11 Å². The van der Waals surface area contributed by atoms with Gasteiger partial charge in [-0.2, -0.15) is 0 Å². The third-order valence-corrected chi connectivity index (χ3v) is 6.73. The summed E-state index contributed by atoms with van der Waals surface area (Å²) in [5.74, 6) is 1.51. The average molecular weight is 362 g/mol. The number of carbonyl (C=O) groups is 2. The molecule has 0 heterocycles. The molecule has 0 spiro atoms. The maximum Gasteiger partial charge on any atom is 0.328 e. The average Bonchev–Trinajstić information content (AvgIpc) is 2.57. The van der Waals surface area contributed by atoms with Gasteiger partial charge in [0.05, 0.1) is 7.11 Å². The molecule has 4 saturated carbocycles. The summed E-state index contributed by atoms with van der Waals surface area (Å²) in [7, 11) is 1.40. The Morgan fingerprint density at radius 3 is 2.28 bits per heavy atom. The number of ether oxygens (including phenoxy) is 1. The van der Waals surface area contributed by atoms with E-state index in [-0.39, 0.29) is 17.3 Å². The van der Waals surface area contributed by atoms with E-state index in [0.717, 1.165) is 19.3 Å². The van der Waals surface area contributed by atoms with Crippen molar-refractivity contribution in [1.82, 2.24) is 5.32 Å². The fourth-order valence-electron chi connectivity index (χ4n) is 5.96. The monoisotopic (exact) mass is 361 g/mol. The maximum absolute atomic E-state index is 12.7. The minimum absolute atomic E-state index is 0.143. The number of amides is 1. The fourth-order valence-corrected chi connectivity index (χ4v) is 6.15. The van der Waals surface area contributed by atoms with Gasteiger partial charge in [-0.15, -0.1) is 0 Å². The zero-order valence-electron chi connectivity index (χ0n) is 14.5. The van der Waals surface area contributed by atoms with Crippen LogP contribution in [0.3, 0.4) is 0 Å². The summed E-state index contributed by atoms with van der Waals surface area (Å²) in [6, 6.07) is 6.25. The molecule has 4 aliphatic rings. The molecule has 0 unspecified atom stereocenters. The summed E-state index contributed by atoms with van der Waals surface area (Å²) in [6.07, 6.45) is 6.93. The van der Waals surface area contributed by atoms with E-state index in [1.165, 1.54) is 26.4 Å². The summed E-state index contributed by atoms with van der Waals surface area (Å²) in [5.41, 5.74) is 0.335. The molecule has 5 rings (SSSR count). The van der Waals surface area contributed by atoms with E-state index in [4.69, 9.17) is 16.3 Å². The van der Waals surface area contributed by atoms with Crippen LogP contribution >= 0.6 is 11.6 Å². The zero-order valence-corrected chi connectivity index (χ0v) is 15.2. The number of halogens is 1. The van der Waals surface area contributed by atoms with Crippen LogP contribution in [0.1, 0.15) is 48.9 Å². The number of benzene rings is 1. The van der Waals surface area contributed by atoms with Gasteiger partial charge in [0.1, 0.15) is 6.04 Å². The van der Waals surface area contributed by atoms with Crippen molar-refractivity contribution in [3.63, 3.8) is 0 Å². The van der Waals surface area contributed by atoms with E-state index >= 15 is 0 Å². The summed E-state index contributed by atoms with van der Waals surface area (Å²) < 4.78 is 5.08. The quantitative estimate of drug-likeness (QED) is 0.829. The molecule has 0 radical (unpaired) electrons. The Kier molecular flexibility index (Phi) is 4.27. The zero-order chi connectivity index (χ0) is 17.6. The third kappa shape index (κ3) is 3.05. The molecule has 25 heavy (non-hydrogen) atoms. The summed E-state index contributed by atoms with van der Waals surface area (Å²) in [6.45, 7) is 0. The van der Waals surface area contributed by atoms with E-state index in [0.29, 0.717) is 28.3 Å².